The maximum atomic E-state index is 5.62. The smallest absolute Gasteiger partial charge is 0.195 e. The van der Waals surface area contributed by atoms with Crippen molar-refractivity contribution in [3.8, 4) is 5.75 Å². The van der Waals surface area contributed by atoms with Gasteiger partial charge in [-0.15, -0.1) is 0 Å². The molecule has 1 heterocycles. The van der Waals surface area contributed by atoms with Crippen LogP contribution < -0.4 is 10.5 Å². The zero-order valence-electron chi connectivity index (χ0n) is 10.1. The number of nitrogens with two attached hydrogens (primary N) is 1. The maximum absolute atomic E-state index is 5.62. The molecule has 0 unspecified atom stereocenters. The molecule has 0 fully saturated rings. The van der Waals surface area contributed by atoms with Gasteiger partial charge in [-0.25, -0.2) is 4.98 Å². The Balaban J connectivity index is 2.03. The van der Waals surface area contributed by atoms with Crippen molar-refractivity contribution in [2.45, 2.75) is 26.2 Å². The van der Waals surface area contributed by atoms with E-state index in [0.29, 0.717) is 13.2 Å². The molecule has 0 radical (unpaired) electrons. The third kappa shape index (κ3) is 2.97. The Morgan fingerprint density at radius 3 is 3.00 bits per heavy atom. The number of rotatable bonds is 6. The summed E-state index contributed by atoms with van der Waals surface area (Å²) in [6.45, 7) is 3.43. The summed E-state index contributed by atoms with van der Waals surface area (Å²) in [5, 5.41) is 0. The molecule has 0 aliphatic rings. The van der Waals surface area contributed by atoms with Gasteiger partial charge in [0.1, 0.15) is 11.3 Å². The highest BCUT2D eigenvalue weighted by molar-refractivity contribution is 5.74. The maximum Gasteiger partial charge on any atom is 0.195 e. The van der Waals surface area contributed by atoms with Gasteiger partial charge in [0.15, 0.2) is 11.5 Å². The van der Waals surface area contributed by atoms with Gasteiger partial charge in [0.25, 0.3) is 0 Å². The first-order valence-electron chi connectivity index (χ1n) is 6.06. The van der Waals surface area contributed by atoms with Gasteiger partial charge >= 0.3 is 0 Å². The Kier molecular flexibility index (Phi) is 3.98. The van der Waals surface area contributed by atoms with Crippen molar-refractivity contribution in [2.75, 3.05) is 13.2 Å². The molecule has 4 heteroatoms. The number of unbranched alkanes of at least 4 members (excludes halogenated alkanes) is 1. The van der Waals surface area contributed by atoms with Gasteiger partial charge < -0.3 is 14.9 Å². The van der Waals surface area contributed by atoms with Crippen LogP contribution in [0.1, 0.15) is 25.7 Å². The largest absolute Gasteiger partial charge is 0.494 e. The van der Waals surface area contributed by atoms with E-state index in [-0.39, 0.29) is 0 Å². The van der Waals surface area contributed by atoms with E-state index in [4.69, 9.17) is 14.9 Å². The summed E-state index contributed by atoms with van der Waals surface area (Å²) in [5.41, 5.74) is 7.10. The summed E-state index contributed by atoms with van der Waals surface area (Å²) in [7, 11) is 0. The molecule has 1 aromatic heterocycles. The van der Waals surface area contributed by atoms with Crippen LogP contribution in [0, 0.1) is 0 Å². The molecule has 92 valence electrons. The van der Waals surface area contributed by atoms with Crippen LogP contribution in [0.3, 0.4) is 0 Å². The minimum absolute atomic E-state index is 0.696. The Morgan fingerprint density at radius 2 is 2.24 bits per heavy atom. The molecule has 2 aromatic rings. The first-order valence-corrected chi connectivity index (χ1v) is 6.06. The van der Waals surface area contributed by atoms with Crippen molar-refractivity contribution in [3.63, 3.8) is 0 Å². The molecule has 4 nitrogen and oxygen atoms in total. The minimum atomic E-state index is 0.696. The molecule has 1 aromatic carbocycles. The van der Waals surface area contributed by atoms with Crippen molar-refractivity contribution in [1.29, 1.82) is 0 Å². The van der Waals surface area contributed by atoms with Crippen molar-refractivity contribution in [1.82, 2.24) is 4.98 Å². The van der Waals surface area contributed by atoms with Crippen molar-refractivity contribution < 1.29 is 9.15 Å². The fourth-order valence-corrected chi connectivity index (χ4v) is 1.63. The fraction of sp³-hybridized carbons (Fsp3) is 0.462. The highest BCUT2D eigenvalue weighted by atomic mass is 16.5. The second kappa shape index (κ2) is 5.68. The number of hydrogen-bond donors (Lipinski definition) is 1. The molecule has 0 saturated carbocycles. The van der Waals surface area contributed by atoms with E-state index in [1.807, 2.05) is 25.1 Å². The molecule has 2 rings (SSSR count). The Labute approximate surface area is 101 Å². The summed E-state index contributed by atoms with van der Waals surface area (Å²) < 4.78 is 11.2. The predicted molar refractivity (Wildman–Crippen MR) is 67.2 cm³/mol. The summed E-state index contributed by atoms with van der Waals surface area (Å²) in [6, 6.07) is 5.73. The second-order valence-electron chi connectivity index (χ2n) is 3.93. The zero-order valence-corrected chi connectivity index (χ0v) is 10.1. The summed E-state index contributed by atoms with van der Waals surface area (Å²) in [4.78, 5) is 4.37. The average Bonchev–Trinajstić information content (AvgIpc) is 2.77. The molecule has 0 atom stereocenters. The van der Waals surface area contributed by atoms with E-state index < -0.39 is 0 Å². The average molecular weight is 234 g/mol. The van der Waals surface area contributed by atoms with E-state index >= 15 is 0 Å². The summed E-state index contributed by atoms with van der Waals surface area (Å²) in [5.74, 6) is 1.60. The number of hydrogen-bond acceptors (Lipinski definition) is 4. The third-order valence-electron chi connectivity index (χ3n) is 2.57. The van der Waals surface area contributed by atoms with Crippen LogP contribution in [-0.4, -0.2) is 18.1 Å². The standard InChI is InChI=1S/C13H18N2O2/c1-2-13-15-11-9-10(5-6-12(11)17-13)16-8-4-3-7-14/h5-6,9H,2-4,7-8,14H2,1H3. The lowest BCUT2D eigenvalue weighted by Crippen LogP contribution is -2.03. The Bertz CT molecular complexity index is 479. The minimum Gasteiger partial charge on any atom is -0.494 e. The highest BCUT2D eigenvalue weighted by Crippen LogP contribution is 2.21. The number of oxazole rings is 1. The summed E-state index contributed by atoms with van der Waals surface area (Å²) >= 11 is 0. The van der Waals surface area contributed by atoms with Crippen LogP contribution >= 0.6 is 0 Å². The van der Waals surface area contributed by atoms with Crippen LogP contribution in [0.4, 0.5) is 0 Å². The number of nitrogens with zero attached hydrogens (tertiary/aromatic N) is 1. The number of fused-ring (bicyclic) bond motifs is 1. The van der Waals surface area contributed by atoms with E-state index in [1.165, 1.54) is 0 Å². The van der Waals surface area contributed by atoms with Gasteiger partial charge in [0, 0.05) is 12.5 Å². The van der Waals surface area contributed by atoms with Crippen LogP contribution in [0.25, 0.3) is 11.1 Å². The van der Waals surface area contributed by atoms with Crippen molar-refractivity contribution in [2.24, 2.45) is 5.73 Å². The molecule has 0 aliphatic carbocycles. The quantitative estimate of drug-likeness (QED) is 0.780. The van der Waals surface area contributed by atoms with E-state index in [2.05, 4.69) is 4.98 Å². The van der Waals surface area contributed by atoms with Crippen LogP contribution in [0.2, 0.25) is 0 Å². The van der Waals surface area contributed by atoms with Gasteiger partial charge in [-0.3, -0.25) is 0 Å². The Morgan fingerprint density at radius 1 is 1.35 bits per heavy atom. The molecule has 0 amide bonds. The van der Waals surface area contributed by atoms with Crippen molar-refractivity contribution >= 4 is 11.1 Å². The molecule has 0 saturated heterocycles. The van der Waals surface area contributed by atoms with Crippen LogP contribution in [-0.2, 0) is 6.42 Å². The topological polar surface area (TPSA) is 61.3 Å². The number of aromatic nitrogens is 1. The highest BCUT2D eigenvalue weighted by Gasteiger charge is 2.05. The molecule has 0 spiro atoms. The van der Waals surface area contributed by atoms with Gasteiger partial charge in [0.2, 0.25) is 0 Å². The SMILES string of the molecule is CCc1nc2cc(OCCCCN)ccc2o1. The monoisotopic (exact) mass is 234 g/mol. The molecular formula is C13H18N2O2. The number of benzene rings is 1. The van der Waals surface area contributed by atoms with Crippen molar-refractivity contribution in [3.05, 3.63) is 24.1 Å². The van der Waals surface area contributed by atoms with Gasteiger partial charge in [-0.2, -0.15) is 0 Å². The first kappa shape index (κ1) is 11.9. The molecular weight excluding hydrogens is 216 g/mol. The van der Waals surface area contributed by atoms with E-state index in [0.717, 1.165) is 42.0 Å². The Hall–Kier alpha value is -1.55. The first-order chi connectivity index (χ1) is 8.33. The number of ether oxygens (including phenoxy) is 1. The van der Waals surface area contributed by atoms with Crippen LogP contribution in [0.5, 0.6) is 5.75 Å². The lowest BCUT2D eigenvalue weighted by molar-refractivity contribution is 0.308. The van der Waals surface area contributed by atoms with E-state index in [1.54, 1.807) is 0 Å². The molecule has 2 N–H and O–H groups in total. The summed E-state index contributed by atoms with van der Waals surface area (Å²) in [6.07, 6.45) is 2.78. The number of aryl methyl sites for hydroxylation is 1. The normalized spacial score (nSPS) is 10.9. The third-order valence-corrected chi connectivity index (χ3v) is 2.57. The zero-order chi connectivity index (χ0) is 12.1. The van der Waals surface area contributed by atoms with Gasteiger partial charge in [-0.05, 0) is 31.5 Å². The predicted octanol–water partition coefficient (Wildman–Crippen LogP) is 2.51. The van der Waals surface area contributed by atoms with Gasteiger partial charge in [-0.1, -0.05) is 6.92 Å². The lowest BCUT2D eigenvalue weighted by Gasteiger charge is -2.04. The molecule has 0 aliphatic heterocycles. The van der Waals surface area contributed by atoms with E-state index in [9.17, 15) is 0 Å². The van der Waals surface area contributed by atoms with Gasteiger partial charge in [0.05, 0.1) is 6.61 Å². The molecule has 17 heavy (non-hydrogen) atoms. The second-order valence-corrected chi connectivity index (χ2v) is 3.93. The fourth-order valence-electron chi connectivity index (χ4n) is 1.63. The molecule has 0 bridgehead atoms. The lowest BCUT2D eigenvalue weighted by atomic mass is 10.3. The van der Waals surface area contributed by atoms with Crippen LogP contribution in [0.15, 0.2) is 22.6 Å².